The van der Waals surface area contributed by atoms with Gasteiger partial charge in [0.2, 0.25) is 5.91 Å². The quantitative estimate of drug-likeness (QED) is 0.804. The minimum atomic E-state index is -0.0721. The monoisotopic (exact) mass is 251 g/mol. The van der Waals surface area contributed by atoms with Crippen molar-refractivity contribution in [3.63, 3.8) is 0 Å². The van der Waals surface area contributed by atoms with Crippen LogP contribution in [-0.2, 0) is 4.79 Å². The first-order chi connectivity index (χ1) is 8.65. The number of nitrogens with one attached hydrogen (secondary N) is 1. The molecule has 0 spiro atoms. The Morgan fingerprint density at radius 1 is 1.22 bits per heavy atom. The number of carbonyl (C=O) groups excluding carboxylic acids is 1. The fourth-order valence-electron chi connectivity index (χ4n) is 5.00. The first-order valence-electron chi connectivity index (χ1n) is 7.57. The van der Waals surface area contributed by atoms with E-state index in [0.717, 1.165) is 43.4 Å². The Morgan fingerprint density at radius 2 is 1.72 bits per heavy atom. The van der Waals surface area contributed by atoms with Crippen LogP contribution in [0.2, 0.25) is 0 Å². The lowest BCUT2D eigenvalue weighted by Crippen LogP contribution is -2.55. The van der Waals surface area contributed by atoms with Gasteiger partial charge in [0.25, 0.3) is 0 Å². The summed E-state index contributed by atoms with van der Waals surface area (Å²) in [4.78, 5) is 12.6. The summed E-state index contributed by atoms with van der Waals surface area (Å²) in [5, 5.41) is 12.3. The summed E-state index contributed by atoms with van der Waals surface area (Å²) in [5.41, 5.74) is -0.0721. The Labute approximate surface area is 109 Å². The Bertz CT molecular complexity index is 300. The molecule has 0 aliphatic heterocycles. The fourth-order valence-corrected chi connectivity index (χ4v) is 5.00. The Morgan fingerprint density at radius 3 is 2.11 bits per heavy atom. The summed E-state index contributed by atoms with van der Waals surface area (Å²) < 4.78 is 0. The topological polar surface area (TPSA) is 49.3 Å². The molecule has 0 radical (unpaired) electrons. The molecular formula is C15H25NO2. The summed E-state index contributed by atoms with van der Waals surface area (Å²) in [6, 6.07) is -0.0505. The highest BCUT2D eigenvalue weighted by molar-refractivity contribution is 5.83. The molecule has 4 bridgehead atoms. The van der Waals surface area contributed by atoms with E-state index in [2.05, 4.69) is 5.32 Å². The van der Waals surface area contributed by atoms with Gasteiger partial charge in [0.15, 0.2) is 0 Å². The van der Waals surface area contributed by atoms with E-state index in [4.69, 9.17) is 0 Å². The fraction of sp³-hybridized carbons (Fsp3) is 0.933. The third-order valence-corrected chi connectivity index (χ3v) is 5.57. The van der Waals surface area contributed by atoms with Crippen LogP contribution < -0.4 is 5.32 Å². The van der Waals surface area contributed by atoms with Crippen LogP contribution in [0.4, 0.5) is 0 Å². The number of carbonyl (C=O) groups is 1. The molecule has 0 unspecified atom stereocenters. The average molecular weight is 251 g/mol. The largest absolute Gasteiger partial charge is 0.394 e. The van der Waals surface area contributed by atoms with Crippen LogP contribution in [0.25, 0.3) is 0 Å². The summed E-state index contributed by atoms with van der Waals surface area (Å²) >= 11 is 0. The second-order valence-corrected chi connectivity index (χ2v) is 6.96. The van der Waals surface area contributed by atoms with Gasteiger partial charge in [-0.15, -0.1) is 0 Å². The van der Waals surface area contributed by atoms with Gasteiger partial charge in [-0.3, -0.25) is 4.79 Å². The summed E-state index contributed by atoms with van der Waals surface area (Å²) in [6.45, 7) is 2.08. The summed E-state index contributed by atoms with van der Waals surface area (Å²) in [5.74, 6) is 2.64. The highest BCUT2D eigenvalue weighted by Gasteiger charge is 2.54. The third kappa shape index (κ3) is 1.97. The van der Waals surface area contributed by atoms with E-state index >= 15 is 0 Å². The second kappa shape index (κ2) is 4.52. The minimum Gasteiger partial charge on any atom is -0.394 e. The van der Waals surface area contributed by atoms with Crippen molar-refractivity contribution in [2.45, 2.75) is 57.9 Å². The molecule has 0 aromatic carbocycles. The molecule has 0 aromatic rings. The molecule has 18 heavy (non-hydrogen) atoms. The molecule has 102 valence electrons. The minimum absolute atomic E-state index is 0.0505. The van der Waals surface area contributed by atoms with Gasteiger partial charge >= 0.3 is 0 Å². The standard InChI is InChI=1S/C15H25NO2/c1-2-13(9-17)16-14(18)15-6-10-3-11(7-15)5-12(4-10)8-15/h10-13,17H,2-9H2,1H3,(H,16,18)/t10?,11?,12?,13-,15?/m0/s1. The lowest BCUT2D eigenvalue weighted by atomic mass is 9.49. The van der Waals surface area contributed by atoms with E-state index in [1.807, 2.05) is 6.92 Å². The van der Waals surface area contributed by atoms with Gasteiger partial charge in [0.05, 0.1) is 12.6 Å². The maximum atomic E-state index is 12.6. The van der Waals surface area contributed by atoms with Gasteiger partial charge in [0, 0.05) is 5.41 Å². The molecule has 3 nitrogen and oxygen atoms in total. The molecule has 4 aliphatic carbocycles. The first kappa shape index (κ1) is 12.5. The van der Waals surface area contributed by atoms with Gasteiger partial charge in [0.1, 0.15) is 0 Å². The van der Waals surface area contributed by atoms with Crippen molar-refractivity contribution >= 4 is 5.91 Å². The lowest BCUT2D eigenvalue weighted by Gasteiger charge is -2.55. The van der Waals surface area contributed by atoms with E-state index in [0.29, 0.717) is 0 Å². The van der Waals surface area contributed by atoms with E-state index in [1.165, 1.54) is 19.3 Å². The highest BCUT2D eigenvalue weighted by Crippen LogP contribution is 2.60. The maximum Gasteiger partial charge on any atom is 0.226 e. The number of aliphatic hydroxyl groups excluding tert-OH is 1. The summed E-state index contributed by atoms with van der Waals surface area (Å²) in [6.07, 6.45) is 8.22. The molecule has 3 heteroatoms. The predicted molar refractivity (Wildman–Crippen MR) is 69.9 cm³/mol. The molecule has 1 atom stereocenters. The second-order valence-electron chi connectivity index (χ2n) is 6.96. The van der Waals surface area contributed by atoms with Crippen LogP contribution in [-0.4, -0.2) is 23.7 Å². The average Bonchev–Trinajstić information content (AvgIpc) is 2.34. The van der Waals surface area contributed by atoms with Crippen LogP contribution in [0.5, 0.6) is 0 Å². The molecule has 0 aromatic heterocycles. The number of aliphatic hydroxyl groups is 1. The van der Waals surface area contributed by atoms with Crippen molar-refractivity contribution in [1.82, 2.24) is 5.32 Å². The zero-order chi connectivity index (χ0) is 12.8. The van der Waals surface area contributed by atoms with Gasteiger partial charge in [-0.1, -0.05) is 6.92 Å². The van der Waals surface area contributed by atoms with Crippen molar-refractivity contribution in [3.8, 4) is 0 Å². The first-order valence-corrected chi connectivity index (χ1v) is 7.57. The van der Waals surface area contributed by atoms with Crippen molar-refractivity contribution < 1.29 is 9.90 Å². The van der Waals surface area contributed by atoms with E-state index in [9.17, 15) is 9.90 Å². The molecule has 1 amide bonds. The zero-order valence-corrected chi connectivity index (χ0v) is 11.3. The molecule has 4 fully saturated rings. The number of amides is 1. The van der Waals surface area contributed by atoms with Crippen molar-refractivity contribution in [3.05, 3.63) is 0 Å². The van der Waals surface area contributed by atoms with Crippen LogP contribution in [0.15, 0.2) is 0 Å². The molecular weight excluding hydrogens is 226 g/mol. The van der Waals surface area contributed by atoms with Crippen molar-refractivity contribution in [1.29, 1.82) is 0 Å². The Balaban J connectivity index is 1.73. The molecule has 2 N–H and O–H groups in total. The maximum absolute atomic E-state index is 12.6. The van der Waals surface area contributed by atoms with E-state index in [-0.39, 0.29) is 24.0 Å². The Kier molecular flexibility index (Phi) is 3.13. The van der Waals surface area contributed by atoms with Crippen LogP contribution in [0, 0.1) is 23.2 Å². The van der Waals surface area contributed by atoms with Crippen molar-refractivity contribution in [2.75, 3.05) is 6.61 Å². The Hall–Kier alpha value is -0.570. The highest BCUT2D eigenvalue weighted by atomic mass is 16.3. The molecule has 4 saturated carbocycles. The number of hydrogen-bond donors (Lipinski definition) is 2. The molecule has 0 heterocycles. The zero-order valence-electron chi connectivity index (χ0n) is 11.3. The van der Waals surface area contributed by atoms with Gasteiger partial charge in [-0.2, -0.15) is 0 Å². The summed E-state index contributed by atoms with van der Waals surface area (Å²) in [7, 11) is 0. The smallest absolute Gasteiger partial charge is 0.226 e. The SMILES string of the molecule is CC[C@@H](CO)NC(=O)C12CC3CC(CC(C3)C1)C2. The van der Waals surface area contributed by atoms with Gasteiger partial charge in [-0.25, -0.2) is 0 Å². The van der Waals surface area contributed by atoms with E-state index in [1.54, 1.807) is 0 Å². The lowest BCUT2D eigenvalue weighted by molar-refractivity contribution is -0.147. The number of rotatable bonds is 4. The normalized spacial score (nSPS) is 42.9. The van der Waals surface area contributed by atoms with Crippen LogP contribution >= 0.6 is 0 Å². The third-order valence-electron chi connectivity index (χ3n) is 5.57. The predicted octanol–water partition coefficient (Wildman–Crippen LogP) is 2.09. The molecule has 0 saturated heterocycles. The van der Waals surface area contributed by atoms with Crippen molar-refractivity contribution in [2.24, 2.45) is 23.2 Å². The van der Waals surface area contributed by atoms with Crippen LogP contribution in [0.1, 0.15) is 51.9 Å². The van der Waals surface area contributed by atoms with Crippen LogP contribution in [0.3, 0.4) is 0 Å². The molecule has 4 rings (SSSR count). The van der Waals surface area contributed by atoms with E-state index < -0.39 is 0 Å². The number of hydrogen-bond acceptors (Lipinski definition) is 2. The molecule has 4 aliphatic rings. The van der Waals surface area contributed by atoms with Gasteiger partial charge in [-0.05, 0) is 62.7 Å². The van der Waals surface area contributed by atoms with Gasteiger partial charge < -0.3 is 10.4 Å².